The molecule has 2 heterocycles. The fourth-order valence-corrected chi connectivity index (χ4v) is 9.26. The van der Waals surface area contributed by atoms with Gasteiger partial charge in [0.2, 0.25) is 47.3 Å². The van der Waals surface area contributed by atoms with Gasteiger partial charge in [0, 0.05) is 39.3 Å². The Balaban J connectivity index is 1.76. The molecule has 2 fully saturated rings. The van der Waals surface area contributed by atoms with Gasteiger partial charge in [-0.3, -0.25) is 43.3 Å². The summed E-state index contributed by atoms with van der Waals surface area (Å²) in [6.07, 6.45) is -3.85. The fourth-order valence-electron chi connectivity index (χ4n) is 9.26. The van der Waals surface area contributed by atoms with Crippen molar-refractivity contribution >= 4 is 65.2 Å². The molecule has 0 aromatic heterocycles. The number of guanidine groups is 1. The minimum atomic E-state index is -1.83. The van der Waals surface area contributed by atoms with Gasteiger partial charge in [0.1, 0.15) is 66.4 Å². The van der Waals surface area contributed by atoms with Crippen LogP contribution >= 0.6 is 0 Å². The Hall–Kier alpha value is -7.83. The first kappa shape index (κ1) is 63.7. The van der Waals surface area contributed by atoms with E-state index in [1.807, 2.05) is 0 Å². The Bertz CT molecular complexity index is 2490. The molecule has 8 amide bonds. The van der Waals surface area contributed by atoms with Gasteiger partial charge in [0.15, 0.2) is 5.96 Å². The molecule has 0 saturated carbocycles. The number of aliphatic hydroxyl groups is 1. The number of amides is 8. The van der Waals surface area contributed by atoms with E-state index in [0.29, 0.717) is 24.0 Å². The van der Waals surface area contributed by atoms with Gasteiger partial charge in [-0.15, -0.1) is 0 Å². The molecule has 0 radical (unpaired) electrons. The lowest BCUT2D eigenvalue weighted by Gasteiger charge is -2.44. The SMILES string of the molecule is CCCC(=O)NC(Cc1ccc(O)cc1)C(=O)NC(CCC(=O)NC1C(=O)NC(CCCN=C(N)N)C(=O)NC2CCC(O)N(C2=O)C(C(C)C)C(=O)N(C)C(Cc2ccccc2)C(=O)NC(C(C)CC)C(=O)OC1C)C(=O)O. The first-order valence-corrected chi connectivity index (χ1v) is 26.7. The van der Waals surface area contributed by atoms with Gasteiger partial charge >= 0.3 is 11.9 Å². The van der Waals surface area contributed by atoms with Crippen molar-refractivity contribution in [2.75, 3.05) is 13.6 Å². The summed E-state index contributed by atoms with van der Waals surface area (Å²) in [7, 11) is 1.38. The van der Waals surface area contributed by atoms with E-state index in [0.717, 1.165) is 9.80 Å². The van der Waals surface area contributed by atoms with E-state index in [1.165, 1.54) is 38.2 Å². The quantitative estimate of drug-likeness (QED) is 0.0328. The lowest BCUT2D eigenvalue weighted by atomic mass is 9.93. The number of aliphatic carboxylic acids is 1. The number of nitrogens with one attached hydrogen (secondary N) is 6. The van der Waals surface area contributed by atoms with Gasteiger partial charge in [-0.2, -0.15) is 0 Å². The normalized spacial score (nSPS) is 23.7. The third-order valence-corrected chi connectivity index (χ3v) is 14.0. The van der Waals surface area contributed by atoms with Gasteiger partial charge in [0.05, 0.1) is 0 Å². The Morgan fingerprint density at radius 2 is 1.49 bits per heavy atom. The van der Waals surface area contributed by atoms with Crippen LogP contribution in [0, 0.1) is 11.8 Å². The van der Waals surface area contributed by atoms with E-state index in [4.69, 9.17) is 16.2 Å². The number of fused-ring (bicyclic) bond motifs is 2. The van der Waals surface area contributed by atoms with Crippen molar-refractivity contribution < 1.29 is 68.0 Å². The third-order valence-electron chi connectivity index (χ3n) is 14.0. The minimum absolute atomic E-state index is 0.0118. The maximum absolute atomic E-state index is 14.8. The second-order valence-corrected chi connectivity index (χ2v) is 20.5. The molecule has 79 heavy (non-hydrogen) atoms. The molecule has 4 rings (SSSR count). The van der Waals surface area contributed by atoms with Crippen molar-refractivity contribution in [3.63, 3.8) is 0 Å². The topological polar surface area (TPSA) is 384 Å². The molecule has 25 nitrogen and oxygen atoms in total. The first-order chi connectivity index (χ1) is 37.4. The zero-order valence-electron chi connectivity index (χ0n) is 45.9. The van der Waals surface area contributed by atoms with Crippen LogP contribution in [-0.2, 0) is 65.5 Å². The summed E-state index contributed by atoms with van der Waals surface area (Å²) in [5, 5.41) is 46.9. The number of benzene rings is 2. The number of hydrogen-bond acceptors (Lipinski definition) is 14. The number of carbonyl (C=O) groups is 10. The number of ether oxygens (including phenoxy) is 1. The Morgan fingerprint density at radius 1 is 0.823 bits per heavy atom. The number of esters is 1. The van der Waals surface area contributed by atoms with Crippen LogP contribution in [0.15, 0.2) is 59.6 Å². The van der Waals surface area contributed by atoms with Crippen LogP contribution in [0.2, 0.25) is 0 Å². The van der Waals surface area contributed by atoms with Crippen LogP contribution in [0.3, 0.4) is 0 Å². The van der Waals surface area contributed by atoms with Crippen LogP contribution in [0.25, 0.3) is 0 Å². The first-order valence-electron chi connectivity index (χ1n) is 26.7. The highest BCUT2D eigenvalue weighted by atomic mass is 16.5. The van der Waals surface area contributed by atoms with E-state index in [-0.39, 0.29) is 63.2 Å². The number of hydrogen-bond donors (Lipinski definition) is 11. The van der Waals surface area contributed by atoms with E-state index < -0.39 is 145 Å². The van der Waals surface area contributed by atoms with Crippen molar-refractivity contribution in [3.8, 4) is 5.75 Å². The highest BCUT2D eigenvalue weighted by Crippen LogP contribution is 2.27. The second kappa shape index (κ2) is 30.4. The third kappa shape index (κ3) is 18.7. The molecule has 434 valence electrons. The number of nitrogens with zero attached hydrogens (tertiary/aromatic N) is 3. The lowest BCUT2D eigenvalue weighted by Crippen LogP contribution is -2.66. The van der Waals surface area contributed by atoms with Gasteiger partial charge in [-0.25, -0.2) is 9.59 Å². The molecule has 13 N–H and O–H groups in total. The average molecular weight is 1110 g/mol. The zero-order valence-corrected chi connectivity index (χ0v) is 45.9. The predicted molar refractivity (Wildman–Crippen MR) is 288 cm³/mol. The van der Waals surface area contributed by atoms with Crippen LogP contribution in [0.5, 0.6) is 5.75 Å². The van der Waals surface area contributed by atoms with Crippen LogP contribution in [0.1, 0.15) is 110 Å². The number of piperidine rings is 1. The van der Waals surface area contributed by atoms with E-state index in [9.17, 15) is 63.3 Å². The number of carbonyl (C=O) groups excluding carboxylic acids is 9. The summed E-state index contributed by atoms with van der Waals surface area (Å²) in [6.45, 7) is 9.74. The Kier molecular flexibility index (Phi) is 24.5. The van der Waals surface area contributed by atoms with E-state index in [2.05, 4.69) is 36.9 Å². The number of carboxylic acid groups (broad SMARTS) is 1. The highest BCUT2D eigenvalue weighted by Gasteiger charge is 2.47. The zero-order chi connectivity index (χ0) is 58.7. The number of nitrogens with two attached hydrogens (primary N) is 2. The van der Waals surface area contributed by atoms with Gasteiger partial charge in [-0.1, -0.05) is 83.5 Å². The minimum Gasteiger partial charge on any atom is -0.508 e. The molecular weight excluding hydrogens is 1030 g/mol. The molecule has 0 spiro atoms. The molecule has 2 aromatic rings. The molecule has 11 unspecified atom stereocenters. The van der Waals surface area contributed by atoms with Crippen molar-refractivity contribution in [2.24, 2.45) is 28.3 Å². The van der Waals surface area contributed by atoms with Crippen LogP contribution in [0.4, 0.5) is 0 Å². The molecule has 2 aliphatic heterocycles. The number of cyclic esters (lactones) is 1. The Morgan fingerprint density at radius 3 is 2.10 bits per heavy atom. The van der Waals surface area contributed by atoms with Crippen LogP contribution < -0.4 is 43.4 Å². The molecule has 25 heteroatoms. The predicted octanol–water partition coefficient (Wildman–Crippen LogP) is -0.412. The molecule has 2 aliphatic rings. The maximum Gasteiger partial charge on any atom is 0.329 e. The van der Waals surface area contributed by atoms with Gasteiger partial charge in [-0.05, 0) is 80.5 Å². The summed E-state index contributed by atoms with van der Waals surface area (Å²) in [4.78, 5) is 146. The smallest absolute Gasteiger partial charge is 0.329 e. The summed E-state index contributed by atoms with van der Waals surface area (Å²) in [5.74, 6) is -10.8. The molecular formula is C54H79N11O14. The number of aliphatic imine (C=N–C) groups is 1. The monoisotopic (exact) mass is 1110 g/mol. The number of aliphatic hydroxyl groups excluding tert-OH is 1. The molecule has 11 atom stereocenters. The summed E-state index contributed by atoms with van der Waals surface area (Å²) >= 11 is 0. The summed E-state index contributed by atoms with van der Waals surface area (Å²) < 4.78 is 5.92. The fraction of sp³-hybridized carbons (Fsp3) is 0.574. The van der Waals surface area contributed by atoms with Gasteiger partial charge < -0.3 is 73.2 Å². The van der Waals surface area contributed by atoms with Crippen LogP contribution in [-0.4, -0.2) is 165 Å². The highest BCUT2D eigenvalue weighted by molar-refractivity contribution is 5.98. The Labute approximate surface area is 459 Å². The average Bonchev–Trinajstić information content (AvgIpc) is 3.40. The molecule has 2 aromatic carbocycles. The number of phenols is 1. The molecule has 2 bridgehead atoms. The van der Waals surface area contributed by atoms with E-state index >= 15 is 0 Å². The number of likely N-dealkylation sites (N-methyl/N-ethyl adjacent to an activating group) is 1. The number of phenolic OH excluding ortho intramolecular Hbond substituents is 1. The summed E-state index contributed by atoms with van der Waals surface area (Å²) in [5.41, 5.74) is 12.2. The second-order valence-electron chi connectivity index (χ2n) is 20.5. The van der Waals surface area contributed by atoms with Crippen molar-refractivity contribution in [2.45, 2.75) is 173 Å². The standard InChI is InChI=1S/C54H79N11O14/c1-8-14-40(67)58-38(27-33-18-20-34(66)21-19-33)47(71)61-37(52(76)77)22-24-41(68)62-44-31(6)79-53(78)43(30(5)9-2)63-48(72)39(28-32-15-11-10-12-16-32)64(7)51(75)45(29(3)4)65-42(69)25-23-36(50(65)74)60-46(70)35(59-49(44)73)17-13-26-57-54(55)56/h10-12,15-16,18-21,29-31,35-39,42-45,66,69H,8-9,13-14,17,22-28H2,1-7H3,(H,58,67)(H,59,73)(H,60,70)(H,61,71)(H,62,68)(H,63,72)(H,76,77)(H4,55,56,57). The largest absolute Gasteiger partial charge is 0.508 e. The number of carboxylic acids is 1. The van der Waals surface area contributed by atoms with Crippen molar-refractivity contribution in [3.05, 3.63) is 65.7 Å². The summed E-state index contributed by atoms with van der Waals surface area (Å²) in [6, 6.07) is 2.82. The lowest BCUT2D eigenvalue weighted by molar-refractivity contribution is -0.167. The van der Waals surface area contributed by atoms with Gasteiger partial charge in [0.25, 0.3) is 0 Å². The number of aromatic hydroxyl groups is 1. The van der Waals surface area contributed by atoms with E-state index in [1.54, 1.807) is 65.0 Å². The molecule has 0 aliphatic carbocycles. The molecule has 2 saturated heterocycles. The van der Waals surface area contributed by atoms with Crippen molar-refractivity contribution in [1.82, 2.24) is 41.7 Å². The van der Waals surface area contributed by atoms with Crippen molar-refractivity contribution in [1.29, 1.82) is 0 Å². The maximum atomic E-state index is 14.8. The number of rotatable bonds is 21.